The minimum atomic E-state index is -1.20. The molecule has 0 atom stereocenters. The molecule has 3 rings (SSSR count). The van der Waals surface area contributed by atoms with Crippen LogP contribution in [0.2, 0.25) is 0 Å². The van der Waals surface area contributed by atoms with Crippen LogP contribution in [0.3, 0.4) is 0 Å². The average Bonchev–Trinajstić information content (AvgIpc) is 3.08. The molecule has 3 aromatic rings. The van der Waals surface area contributed by atoms with Gasteiger partial charge in [0.15, 0.2) is 18.2 Å². The molecular weight excluding hydrogens is 348 g/mol. The van der Waals surface area contributed by atoms with Crippen LogP contribution >= 0.6 is 0 Å². The van der Waals surface area contributed by atoms with E-state index in [1.807, 2.05) is 0 Å². The average molecular weight is 361 g/mol. The Balaban J connectivity index is 1.61. The maximum absolute atomic E-state index is 13.8. The van der Waals surface area contributed by atoms with Gasteiger partial charge in [-0.2, -0.15) is 0 Å². The summed E-state index contributed by atoms with van der Waals surface area (Å²) in [7, 11) is 0. The number of rotatable bonds is 7. The van der Waals surface area contributed by atoms with E-state index in [4.69, 9.17) is 14.6 Å². The lowest BCUT2D eigenvalue weighted by Gasteiger charge is -2.07. The first-order valence-corrected chi connectivity index (χ1v) is 7.45. The monoisotopic (exact) mass is 361 g/mol. The third-order valence-electron chi connectivity index (χ3n) is 3.27. The third kappa shape index (κ3) is 4.32. The van der Waals surface area contributed by atoms with Gasteiger partial charge in [-0.05, 0) is 36.4 Å². The number of ether oxygens (including phenoxy) is 2. The zero-order chi connectivity index (χ0) is 18.5. The van der Waals surface area contributed by atoms with Crippen LogP contribution in [0.25, 0.3) is 5.69 Å². The number of carboxylic acids is 1. The number of nitrogens with zero attached hydrogens (tertiary/aromatic N) is 3. The Morgan fingerprint density at radius 1 is 1.12 bits per heavy atom. The molecule has 0 spiro atoms. The molecule has 2 aromatic carbocycles. The minimum absolute atomic E-state index is 0.0377. The molecule has 7 nitrogen and oxygen atoms in total. The number of hydrogen-bond donors (Lipinski definition) is 1. The Labute approximate surface area is 146 Å². The van der Waals surface area contributed by atoms with Crippen LogP contribution in [-0.2, 0) is 11.4 Å². The van der Waals surface area contributed by atoms with Gasteiger partial charge in [0.05, 0.1) is 11.9 Å². The van der Waals surface area contributed by atoms with Crippen molar-refractivity contribution in [2.24, 2.45) is 0 Å². The summed E-state index contributed by atoms with van der Waals surface area (Å²) in [6, 6.07) is 9.54. The highest BCUT2D eigenvalue weighted by atomic mass is 19.1. The van der Waals surface area contributed by atoms with Crippen molar-refractivity contribution in [2.75, 3.05) is 6.61 Å². The van der Waals surface area contributed by atoms with Crippen LogP contribution in [0.4, 0.5) is 8.78 Å². The Bertz CT molecular complexity index is 913. The van der Waals surface area contributed by atoms with E-state index in [1.165, 1.54) is 28.9 Å². The predicted molar refractivity (Wildman–Crippen MR) is 85.2 cm³/mol. The maximum Gasteiger partial charge on any atom is 0.341 e. The largest absolute Gasteiger partial charge is 0.487 e. The Morgan fingerprint density at radius 2 is 1.88 bits per heavy atom. The molecule has 0 fully saturated rings. The Kier molecular flexibility index (Phi) is 5.07. The molecule has 0 amide bonds. The van der Waals surface area contributed by atoms with Gasteiger partial charge < -0.3 is 14.6 Å². The number of hydrogen-bond acceptors (Lipinski definition) is 5. The second-order valence-electron chi connectivity index (χ2n) is 5.19. The lowest BCUT2D eigenvalue weighted by atomic mass is 10.3. The number of carbonyl (C=O) groups is 1. The van der Waals surface area contributed by atoms with Crippen molar-refractivity contribution in [2.45, 2.75) is 6.61 Å². The fraction of sp³-hybridized carbons (Fsp3) is 0.118. The normalized spacial score (nSPS) is 10.5. The smallest absolute Gasteiger partial charge is 0.341 e. The molecule has 0 aliphatic rings. The zero-order valence-electron chi connectivity index (χ0n) is 13.3. The Hall–Kier alpha value is -3.49. The minimum Gasteiger partial charge on any atom is -0.487 e. The first-order valence-electron chi connectivity index (χ1n) is 7.45. The van der Waals surface area contributed by atoms with E-state index in [1.54, 1.807) is 18.3 Å². The van der Waals surface area contributed by atoms with Gasteiger partial charge >= 0.3 is 5.97 Å². The van der Waals surface area contributed by atoms with Gasteiger partial charge in [0.25, 0.3) is 0 Å². The summed E-state index contributed by atoms with van der Waals surface area (Å²) in [5, 5.41) is 16.4. The molecule has 0 bridgehead atoms. The number of aromatic nitrogens is 3. The van der Waals surface area contributed by atoms with E-state index < -0.39 is 18.4 Å². The molecular formula is C17H13F2N3O4. The molecule has 0 saturated heterocycles. The molecule has 26 heavy (non-hydrogen) atoms. The number of halogens is 2. The topological polar surface area (TPSA) is 86.5 Å². The van der Waals surface area contributed by atoms with Crippen LogP contribution < -0.4 is 9.47 Å². The van der Waals surface area contributed by atoms with Crippen molar-refractivity contribution < 1.29 is 28.2 Å². The van der Waals surface area contributed by atoms with E-state index in [9.17, 15) is 13.6 Å². The molecule has 1 N–H and O–H groups in total. The van der Waals surface area contributed by atoms with Crippen LogP contribution in [0.5, 0.6) is 11.5 Å². The number of aliphatic carboxylic acids is 1. The molecule has 0 aliphatic heterocycles. The van der Waals surface area contributed by atoms with Crippen molar-refractivity contribution >= 4 is 5.97 Å². The fourth-order valence-corrected chi connectivity index (χ4v) is 2.07. The summed E-state index contributed by atoms with van der Waals surface area (Å²) in [5.41, 5.74) is 1.12. The van der Waals surface area contributed by atoms with Crippen LogP contribution in [-0.4, -0.2) is 32.7 Å². The molecule has 0 aliphatic carbocycles. The maximum atomic E-state index is 13.8. The van der Waals surface area contributed by atoms with Gasteiger partial charge in [0, 0.05) is 6.07 Å². The van der Waals surface area contributed by atoms with Crippen molar-refractivity contribution in [3.63, 3.8) is 0 Å². The van der Waals surface area contributed by atoms with Gasteiger partial charge in [0.2, 0.25) is 0 Å². The third-order valence-corrected chi connectivity index (χ3v) is 3.27. The summed E-state index contributed by atoms with van der Waals surface area (Å²) in [4.78, 5) is 10.4. The lowest BCUT2D eigenvalue weighted by Crippen LogP contribution is -2.10. The van der Waals surface area contributed by atoms with Gasteiger partial charge in [0.1, 0.15) is 23.9 Å². The fourth-order valence-electron chi connectivity index (χ4n) is 2.07. The quantitative estimate of drug-likeness (QED) is 0.696. The van der Waals surface area contributed by atoms with Crippen molar-refractivity contribution in [3.8, 4) is 17.2 Å². The van der Waals surface area contributed by atoms with E-state index in [0.717, 1.165) is 6.07 Å². The number of carboxylic acid groups (broad SMARTS) is 1. The highest BCUT2D eigenvalue weighted by Crippen LogP contribution is 2.23. The van der Waals surface area contributed by atoms with Crippen molar-refractivity contribution in [1.29, 1.82) is 0 Å². The standard InChI is InChI=1S/C17H13F2N3O4/c18-11-1-3-13(4-2-11)22-8-12(20-21-22)9-25-14-5-6-16(15(19)7-14)26-10-17(23)24/h1-8H,9-10H2,(H,23,24). The summed E-state index contributed by atoms with van der Waals surface area (Å²) >= 11 is 0. The molecule has 1 heterocycles. The molecule has 134 valence electrons. The highest BCUT2D eigenvalue weighted by molar-refractivity contribution is 5.68. The zero-order valence-corrected chi connectivity index (χ0v) is 13.3. The lowest BCUT2D eigenvalue weighted by molar-refractivity contribution is -0.139. The molecule has 0 radical (unpaired) electrons. The van der Waals surface area contributed by atoms with Crippen LogP contribution in [0, 0.1) is 11.6 Å². The first kappa shape index (κ1) is 17.3. The molecule has 1 aromatic heterocycles. The van der Waals surface area contributed by atoms with Gasteiger partial charge in [-0.1, -0.05) is 5.21 Å². The van der Waals surface area contributed by atoms with Gasteiger partial charge in [-0.15, -0.1) is 5.10 Å². The van der Waals surface area contributed by atoms with Crippen LogP contribution in [0.1, 0.15) is 5.69 Å². The second-order valence-corrected chi connectivity index (χ2v) is 5.19. The van der Waals surface area contributed by atoms with Crippen molar-refractivity contribution in [1.82, 2.24) is 15.0 Å². The summed E-state index contributed by atoms with van der Waals surface area (Å²) < 4.78 is 38.4. The predicted octanol–water partition coefficient (Wildman–Crippen LogP) is 2.59. The van der Waals surface area contributed by atoms with Crippen molar-refractivity contribution in [3.05, 3.63) is 66.0 Å². The second kappa shape index (κ2) is 7.60. The SMILES string of the molecule is O=C(O)COc1ccc(OCc2cn(-c3ccc(F)cc3)nn2)cc1F. The molecule has 9 heteroatoms. The number of benzene rings is 2. The molecule has 0 saturated carbocycles. The summed E-state index contributed by atoms with van der Waals surface area (Å²) in [6.07, 6.45) is 1.61. The van der Waals surface area contributed by atoms with E-state index in [2.05, 4.69) is 10.3 Å². The first-order chi connectivity index (χ1) is 12.5. The van der Waals surface area contributed by atoms with E-state index in [-0.39, 0.29) is 23.9 Å². The Morgan fingerprint density at radius 3 is 2.58 bits per heavy atom. The van der Waals surface area contributed by atoms with Gasteiger partial charge in [-0.3, -0.25) is 0 Å². The molecule has 0 unspecified atom stereocenters. The summed E-state index contributed by atoms with van der Waals surface area (Å²) in [5.74, 6) is -2.24. The van der Waals surface area contributed by atoms with E-state index >= 15 is 0 Å². The van der Waals surface area contributed by atoms with Crippen LogP contribution in [0.15, 0.2) is 48.7 Å². The highest BCUT2D eigenvalue weighted by Gasteiger charge is 2.09. The summed E-state index contributed by atoms with van der Waals surface area (Å²) in [6.45, 7) is -0.598. The van der Waals surface area contributed by atoms with Gasteiger partial charge in [-0.25, -0.2) is 18.3 Å². The van der Waals surface area contributed by atoms with E-state index in [0.29, 0.717) is 11.4 Å².